The molecule has 0 saturated carbocycles. The lowest BCUT2D eigenvalue weighted by Crippen LogP contribution is -2.27. The van der Waals surface area contributed by atoms with Gasteiger partial charge in [-0.05, 0) is 36.3 Å². The maximum absolute atomic E-state index is 12.4. The van der Waals surface area contributed by atoms with Crippen LogP contribution in [0.1, 0.15) is 48.8 Å². The van der Waals surface area contributed by atoms with E-state index in [1.54, 1.807) is 0 Å². The van der Waals surface area contributed by atoms with Gasteiger partial charge in [-0.25, -0.2) is 0 Å². The summed E-state index contributed by atoms with van der Waals surface area (Å²) in [4.78, 5) is 12.4. The van der Waals surface area contributed by atoms with Gasteiger partial charge in [-0.1, -0.05) is 43.3 Å². The summed E-state index contributed by atoms with van der Waals surface area (Å²) in [6.45, 7) is 4.70. The summed E-state index contributed by atoms with van der Waals surface area (Å²) in [5, 5.41) is 7.02. The number of fused-ring (bicyclic) bond motifs is 1. The SMILES string of the molecule is CC(C)Cc1cc(CNC(=O)[C@H]2CCc3ccccc32)on1. The summed E-state index contributed by atoms with van der Waals surface area (Å²) in [5.74, 6) is 1.30. The van der Waals surface area contributed by atoms with E-state index in [1.807, 2.05) is 18.2 Å². The van der Waals surface area contributed by atoms with Crippen molar-refractivity contribution in [3.8, 4) is 0 Å². The van der Waals surface area contributed by atoms with Crippen molar-refractivity contribution in [2.75, 3.05) is 0 Å². The number of nitrogens with one attached hydrogen (secondary N) is 1. The first-order valence-corrected chi connectivity index (χ1v) is 7.93. The van der Waals surface area contributed by atoms with E-state index in [1.165, 1.54) is 5.56 Å². The Morgan fingerprint density at radius 3 is 3.05 bits per heavy atom. The number of hydrogen-bond acceptors (Lipinski definition) is 3. The minimum Gasteiger partial charge on any atom is -0.359 e. The maximum Gasteiger partial charge on any atom is 0.227 e. The summed E-state index contributed by atoms with van der Waals surface area (Å²) < 4.78 is 5.28. The molecule has 1 atom stereocenters. The minimum atomic E-state index is -0.0331. The standard InChI is InChI=1S/C18H22N2O2/c1-12(2)9-14-10-15(22-20-14)11-19-18(21)17-8-7-13-5-3-4-6-16(13)17/h3-6,10,12,17H,7-9,11H2,1-2H3,(H,19,21)/t17-/m0/s1. The molecule has 0 radical (unpaired) electrons. The number of hydrogen-bond donors (Lipinski definition) is 1. The highest BCUT2D eigenvalue weighted by Gasteiger charge is 2.28. The molecule has 1 N–H and O–H groups in total. The van der Waals surface area contributed by atoms with Crippen LogP contribution in [0.5, 0.6) is 0 Å². The van der Waals surface area contributed by atoms with Crippen LogP contribution in [0.4, 0.5) is 0 Å². The number of nitrogens with zero attached hydrogens (tertiary/aromatic N) is 1. The van der Waals surface area contributed by atoms with Crippen molar-refractivity contribution in [2.45, 2.75) is 45.6 Å². The predicted molar refractivity (Wildman–Crippen MR) is 84.4 cm³/mol. The van der Waals surface area contributed by atoms with E-state index in [-0.39, 0.29) is 11.8 Å². The molecule has 0 saturated heterocycles. The molecule has 1 aromatic heterocycles. The molecule has 1 aliphatic carbocycles. The van der Waals surface area contributed by atoms with Gasteiger partial charge in [-0.3, -0.25) is 4.79 Å². The van der Waals surface area contributed by atoms with Gasteiger partial charge in [0.05, 0.1) is 18.2 Å². The van der Waals surface area contributed by atoms with E-state index in [4.69, 9.17) is 4.52 Å². The summed E-state index contributed by atoms with van der Waals surface area (Å²) in [5.41, 5.74) is 3.41. The van der Waals surface area contributed by atoms with Gasteiger partial charge in [0, 0.05) is 6.07 Å². The van der Waals surface area contributed by atoms with Gasteiger partial charge in [0.1, 0.15) is 0 Å². The third-order valence-electron chi connectivity index (χ3n) is 4.11. The molecule has 0 bridgehead atoms. The van der Waals surface area contributed by atoms with Crippen LogP contribution in [-0.4, -0.2) is 11.1 Å². The Hall–Kier alpha value is -2.10. The minimum absolute atomic E-state index is 0.0331. The second kappa shape index (κ2) is 6.34. The lowest BCUT2D eigenvalue weighted by Gasteiger charge is -2.11. The fourth-order valence-electron chi connectivity index (χ4n) is 3.08. The summed E-state index contributed by atoms with van der Waals surface area (Å²) in [7, 11) is 0. The zero-order valence-corrected chi connectivity index (χ0v) is 13.1. The number of benzene rings is 1. The van der Waals surface area contributed by atoms with Crippen LogP contribution in [0, 0.1) is 5.92 Å². The monoisotopic (exact) mass is 298 g/mol. The second-order valence-corrected chi connectivity index (χ2v) is 6.39. The Morgan fingerprint density at radius 1 is 1.41 bits per heavy atom. The highest BCUT2D eigenvalue weighted by Crippen LogP contribution is 2.32. The van der Waals surface area contributed by atoms with Crippen molar-refractivity contribution in [3.63, 3.8) is 0 Å². The van der Waals surface area contributed by atoms with Crippen LogP contribution >= 0.6 is 0 Å². The largest absolute Gasteiger partial charge is 0.359 e. The number of amides is 1. The normalized spacial score (nSPS) is 16.8. The molecule has 0 unspecified atom stereocenters. The van der Waals surface area contributed by atoms with Gasteiger partial charge in [-0.15, -0.1) is 0 Å². The fraction of sp³-hybridized carbons (Fsp3) is 0.444. The Morgan fingerprint density at radius 2 is 2.23 bits per heavy atom. The number of carbonyl (C=O) groups is 1. The summed E-state index contributed by atoms with van der Waals surface area (Å²) >= 11 is 0. The molecule has 0 aliphatic heterocycles. The van der Waals surface area contributed by atoms with E-state index in [2.05, 4.69) is 36.5 Å². The van der Waals surface area contributed by atoms with Crippen LogP contribution in [0.2, 0.25) is 0 Å². The van der Waals surface area contributed by atoms with Crippen molar-refractivity contribution in [1.82, 2.24) is 10.5 Å². The van der Waals surface area contributed by atoms with Crippen LogP contribution in [0.25, 0.3) is 0 Å². The average molecular weight is 298 g/mol. The maximum atomic E-state index is 12.4. The van der Waals surface area contributed by atoms with Crippen LogP contribution in [0.15, 0.2) is 34.9 Å². The molecular weight excluding hydrogens is 276 g/mol. The predicted octanol–water partition coefficient (Wildman–Crippen LogP) is 3.22. The average Bonchev–Trinajstić information content (AvgIpc) is 3.10. The summed E-state index contributed by atoms with van der Waals surface area (Å²) in [6.07, 6.45) is 2.77. The number of rotatable bonds is 5. The van der Waals surface area contributed by atoms with E-state index < -0.39 is 0 Å². The molecule has 1 aliphatic rings. The van der Waals surface area contributed by atoms with Crippen molar-refractivity contribution < 1.29 is 9.32 Å². The zero-order chi connectivity index (χ0) is 15.5. The smallest absolute Gasteiger partial charge is 0.227 e. The number of aromatic nitrogens is 1. The zero-order valence-electron chi connectivity index (χ0n) is 13.1. The van der Waals surface area contributed by atoms with E-state index in [0.29, 0.717) is 12.5 Å². The molecule has 1 amide bonds. The summed E-state index contributed by atoms with van der Waals surface area (Å²) in [6, 6.07) is 10.1. The molecule has 0 spiro atoms. The molecule has 2 aromatic rings. The Bertz CT molecular complexity index is 661. The van der Waals surface area contributed by atoms with Crippen LogP contribution < -0.4 is 5.32 Å². The lowest BCUT2D eigenvalue weighted by atomic mass is 10.0. The van der Waals surface area contributed by atoms with Gasteiger partial charge in [-0.2, -0.15) is 0 Å². The Kier molecular flexibility index (Phi) is 4.27. The molecular formula is C18H22N2O2. The van der Waals surface area contributed by atoms with Gasteiger partial charge in [0.15, 0.2) is 5.76 Å². The van der Waals surface area contributed by atoms with Gasteiger partial charge < -0.3 is 9.84 Å². The Balaban J connectivity index is 1.58. The third kappa shape index (κ3) is 3.21. The second-order valence-electron chi connectivity index (χ2n) is 6.39. The molecule has 1 aromatic carbocycles. The van der Waals surface area contributed by atoms with Gasteiger partial charge in [0.25, 0.3) is 0 Å². The lowest BCUT2D eigenvalue weighted by molar-refractivity contribution is -0.122. The fourth-order valence-corrected chi connectivity index (χ4v) is 3.08. The van der Waals surface area contributed by atoms with Crippen molar-refractivity contribution in [3.05, 3.63) is 52.9 Å². The van der Waals surface area contributed by atoms with Crippen LogP contribution in [-0.2, 0) is 24.2 Å². The Labute approximate surface area is 130 Å². The molecule has 1 heterocycles. The molecule has 116 valence electrons. The topological polar surface area (TPSA) is 55.1 Å². The number of aryl methyl sites for hydroxylation is 1. The molecule has 3 rings (SSSR count). The molecule has 4 heteroatoms. The van der Waals surface area contributed by atoms with Crippen molar-refractivity contribution >= 4 is 5.91 Å². The highest BCUT2D eigenvalue weighted by molar-refractivity contribution is 5.84. The number of carbonyl (C=O) groups excluding carboxylic acids is 1. The van der Waals surface area contributed by atoms with Crippen molar-refractivity contribution in [2.24, 2.45) is 5.92 Å². The van der Waals surface area contributed by atoms with Gasteiger partial charge >= 0.3 is 0 Å². The molecule has 4 nitrogen and oxygen atoms in total. The first-order valence-electron chi connectivity index (χ1n) is 7.93. The first-order chi connectivity index (χ1) is 10.6. The van der Waals surface area contributed by atoms with Crippen molar-refractivity contribution in [1.29, 1.82) is 0 Å². The van der Waals surface area contributed by atoms with Crippen LogP contribution in [0.3, 0.4) is 0 Å². The quantitative estimate of drug-likeness (QED) is 0.922. The third-order valence-corrected chi connectivity index (χ3v) is 4.11. The van der Waals surface area contributed by atoms with E-state index in [0.717, 1.165) is 36.3 Å². The van der Waals surface area contributed by atoms with E-state index in [9.17, 15) is 4.79 Å². The molecule has 22 heavy (non-hydrogen) atoms. The van der Waals surface area contributed by atoms with Gasteiger partial charge in [0.2, 0.25) is 5.91 Å². The highest BCUT2D eigenvalue weighted by atomic mass is 16.5. The van der Waals surface area contributed by atoms with E-state index >= 15 is 0 Å². The first kappa shape index (κ1) is 14.8. The molecule has 0 fully saturated rings.